The summed E-state index contributed by atoms with van der Waals surface area (Å²) in [4.78, 5) is 0. The molecule has 0 radical (unpaired) electrons. The SMILES string of the molecule is C/C=C\Cc1nnc(C)c2c(C)[nH]nc12. The first-order valence-corrected chi connectivity index (χ1v) is 5.02. The summed E-state index contributed by atoms with van der Waals surface area (Å²) in [5, 5.41) is 16.7. The smallest absolute Gasteiger partial charge is 0.118 e. The Morgan fingerprint density at radius 2 is 2.07 bits per heavy atom. The molecule has 0 fully saturated rings. The molecule has 2 rings (SSSR count). The molecule has 2 aromatic heterocycles. The number of fused-ring (bicyclic) bond motifs is 1. The molecule has 0 aliphatic carbocycles. The van der Waals surface area contributed by atoms with Crippen molar-refractivity contribution in [1.29, 1.82) is 0 Å². The van der Waals surface area contributed by atoms with Crippen LogP contribution in [0.15, 0.2) is 12.2 Å². The number of hydrogen-bond donors (Lipinski definition) is 1. The van der Waals surface area contributed by atoms with Crippen LogP contribution in [0.4, 0.5) is 0 Å². The molecule has 0 saturated heterocycles. The van der Waals surface area contributed by atoms with Gasteiger partial charge < -0.3 is 0 Å². The molecule has 0 bridgehead atoms. The van der Waals surface area contributed by atoms with Gasteiger partial charge in [-0.05, 0) is 20.8 Å². The van der Waals surface area contributed by atoms with Crippen LogP contribution in [0.2, 0.25) is 0 Å². The molecule has 78 valence electrons. The molecule has 0 saturated carbocycles. The second-order valence-corrected chi connectivity index (χ2v) is 3.58. The Bertz CT molecular complexity index is 511. The molecule has 0 aliphatic rings. The first kappa shape index (κ1) is 9.83. The predicted molar refractivity (Wildman–Crippen MR) is 59.7 cm³/mol. The molecule has 15 heavy (non-hydrogen) atoms. The third-order valence-corrected chi connectivity index (χ3v) is 2.45. The number of aryl methyl sites for hydroxylation is 2. The van der Waals surface area contributed by atoms with Crippen LogP contribution >= 0.6 is 0 Å². The highest BCUT2D eigenvalue weighted by molar-refractivity contribution is 5.84. The first-order chi connectivity index (χ1) is 7.24. The van der Waals surface area contributed by atoms with Gasteiger partial charge in [-0.2, -0.15) is 15.3 Å². The van der Waals surface area contributed by atoms with Crippen LogP contribution in [-0.4, -0.2) is 20.4 Å². The van der Waals surface area contributed by atoms with Gasteiger partial charge in [0.2, 0.25) is 0 Å². The zero-order valence-electron chi connectivity index (χ0n) is 9.20. The van der Waals surface area contributed by atoms with E-state index in [0.29, 0.717) is 0 Å². The Balaban J connectivity index is 2.62. The Morgan fingerprint density at radius 3 is 2.80 bits per heavy atom. The predicted octanol–water partition coefficient (Wildman–Crippen LogP) is 2.09. The maximum Gasteiger partial charge on any atom is 0.118 e. The monoisotopic (exact) mass is 202 g/mol. The van der Waals surface area contributed by atoms with Crippen molar-refractivity contribution in [2.24, 2.45) is 0 Å². The number of nitrogens with zero attached hydrogens (tertiary/aromatic N) is 3. The molecule has 0 spiro atoms. The molecule has 4 heteroatoms. The fourth-order valence-corrected chi connectivity index (χ4v) is 1.68. The van der Waals surface area contributed by atoms with Crippen molar-refractivity contribution < 1.29 is 0 Å². The van der Waals surface area contributed by atoms with Crippen molar-refractivity contribution >= 4 is 10.9 Å². The topological polar surface area (TPSA) is 54.5 Å². The molecule has 0 unspecified atom stereocenters. The Labute approximate surface area is 88.4 Å². The third-order valence-electron chi connectivity index (χ3n) is 2.45. The van der Waals surface area contributed by atoms with Crippen LogP contribution in [0, 0.1) is 13.8 Å². The number of hydrogen-bond acceptors (Lipinski definition) is 3. The highest BCUT2D eigenvalue weighted by atomic mass is 15.2. The molecule has 0 aromatic carbocycles. The molecule has 1 N–H and O–H groups in total. The second kappa shape index (κ2) is 3.81. The minimum absolute atomic E-state index is 0.782. The maximum absolute atomic E-state index is 4.27. The Morgan fingerprint density at radius 1 is 1.27 bits per heavy atom. The summed E-state index contributed by atoms with van der Waals surface area (Å²) in [7, 11) is 0. The summed E-state index contributed by atoms with van der Waals surface area (Å²) in [5.41, 5.74) is 3.86. The summed E-state index contributed by atoms with van der Waals surface area (Å²) in [5.74, 6) is 0. The van der Waals surface area contributed by atoms with Crippen molar-refractivity contribution in [3.05, 3.63) is 29.2 Å². The van der Waals surface area contributed by atoms with Gasteiger partial charge in [0, 0.05) is 17.5 Å². The maximum atomic E-state index is 4.27. The highest BCUT2D eigenvalue weighted by Crippen LogP contribution is 2.20. The largest absolute Gasteiger partial charge is 0.281 e. The van der Waals surface area contributed by atoms with Crippen LogP contribution in [0.3, 0.4) is 0 Å². The average Bonchev–Trinajstić information content (AvgIpc) is 2.61. The van der Waals surface area contributed by atoms with Crippen molar-refractivity contribution in [1.82, 2.24) is 20.4 Å². The minimum Gasteiger partial charge on any atom is -0.281 e. The Hall–Kier alpha value is -1.71. The van der Waals surface area contributed by atoms with E-state index in [1.807, 2.05) is 26.8 Å². The number of allylic oxidation sites excluding steroid dienone is 2. The molecule has 0 aliphatic heterocycles. The number of rotatable bonds is 2. The molecule has 2 heterocycles. The van der Waals surface area contributed by atoms with Crippen LogP contribution in [0.5, 0.6) is 0 Å². The standard InChI is InChI=1S/C11H14N4/c1-4-5-6-9-11-10(7(2)12-14-9)8(3)13-15-11/h4-5H,6H2,1-3H3,(H,13,15)/b5-4-. The summed E-state index contributed by atoms with van der Waals surface area (Å²) in [6, 6.07) is 0. The van der Waals surface area contributed by atoms with Gasteiger partial charge in [-0.1, -0.05) is 12.2 Å². The second-order valence-electron chi connectivity index (χ2n) is 3.58. The van der Waals surface area contributed by atoms with Crippen molar-refractivity contribution in [3.8, 4) is 0 Å². The van der Waals surface area contributed by atoms with Crippen molar-refractivity contribution in [2.45, 2.75) is 27.2 Å². The van der Waals surface area contributed by atoms with E-state index in [1.165, 1.54) is 0 Å². The van der Waals surface area contributed by atoms with E-state index < -0.39 is 0 Å². The number of H-pyrrole nitrogens is 1. The van der Waals surface area contributed by atoms with E-state index >= 15 is 0 Å². The third kappa shape index (κ3) is 1.63. The fraction of sp³-hybridized carbons (Fsp3) is 0.364. The van der Waals surface area contributed by atoms with Gasteiger partial charge >= 0.3 is 0 Å². The van der Waals surface area contributed by atoms with Gasteiger partial charge in [-0.3, -0.25) is 5.10 Å². The van der Waals surface area contributed by atoms with E-state index in [0.717, 1.165) is 34.4 Å². The fourth-order valence-electron chi connectivity index (χ4n) is 1.68. The van der Waals surface area contributed by atoms with Gasteiger partial charge in [0.25, 0.3) is 0 Å². The summed E-state index contributed by atoms with van der Waals surface area (Å²) < 4.78 is 0. The zero-order valence-corrected chi connectivity index (χ0v) is 9.20. The molecule has 4 nitrogen and oxygen atoms in total. The summed E-state index contributed by atoms with van der Waals surface area (Å²) in [6.45, 7) is 5.95. The molecular formula is C11H14N4. The van der Waals surface area contributed by atoms with Gasteiger partial charge in [0.1, 0.15) is 5.52 Å². The average molecular weight is 202 g/mol. The first-order valence-electron chi connectivity index (χ1n) is 5.02. The highest BCUT2D eigenvalue weighted by Gasteiger charge is 2.10. The molecule has 2 aromatic rings. The van der Waals surface area contributed by atoms with E-state index in [9.17, 15) is 0 Å². The zero-order chi connectivity index (χ0) is 10.8. The lowest BCUT2D eigenvalue weighted by Gasteiger charge is -1.99. The number of aromatic nitrogens is 4. The van der Waals surface area contributed by atoms with Crippen LogP contribution in [-0.2, 0) is 6.42 Å². The quantitative estimate of drug-likeness (QED) is 0.758. The van der Waals surface area contributed by atoms with Gasteiger partial charge in [-0.15, -0.1) is 0 Å². The van der Waals surface area contributed by atoms with E-state index in [2.05, 4.69) is 26.5 Å². The summed E-state index contributed by atoms with van der Waals surface area (Å²) in [6.07, 6.45) is 4.85. The van der Waals surface area contributed by atoms with Gasteiger partial charge in [0.05, 0.1) is 11.4 Å². The lowest BCUT2D eigenvalue weighted by atomic mass is 10.1. The van der Waals surface area contributed by atoms with Gasteiger partial charge in [0.15, 0.2) is 0 Å². The van der Waals surface area contributed by atoms with Crippen LogP contribution < -0.4 is 0 Å². The van der Waals surface area contributed by atoms with E-state index in [4.69, 9.17) is 0 Å². The molecular weight excluding hydrogens is 188 g/mol. The van der Waals surface area contributed by atoms with Crippen LogP contribution in [0.25, 0.3) is 10.9 Å². The van der Waals surface area contributed by atoms with Crippen LogP contribution in [0.1, 0.15) is 24.0 Å². The Kier molecular flexibility index (Phi) is 2.49. The lowest BCUT2D eigenvalue weighted by Crippen LogP contribution is -1.96. The minimum atomic E-state index is 0.782. The van der Waals surface area contributed by atoms with Crippen molar-refractivity contribution in [2.75, 3.05) is 0 Å². The molecule has 0 amide bonds. The number of aromatic amines is 1. The van der Waals surface area contributed by atoms with Gasteiger partial charge in [-0.25, -0.2) is 0 Å². The number of nitrogens with one attached hydrogen (secondary N) is 1. The molecule has 0 atom stereocenters. The normalized spacial score (nSPS) is 11.7. The van der Waals surface area contributed by atoms with E-state index in [1.54, 1.807) is 0 Å². The van der Waals surface area contributed by atoms with Crippen molar-refractivity contribution in [3.63, 3.8) is 0 Å². The summed E-state index contributed by atoms with van der Waals surface area (Å²) >= 11 is 0. The lowest BCUT2D eigenvalue weighted by molar-refractivity contribution is 0.933. The van der Waals surface area contributed by atoms with E-state index in [-0.39, 0.29) is 0 Å².